The van der Waals surface area contributed by atoms with Crippen LogP contribution in [0.3, 0.4) is 0 Å². The molecule has 0 radical (unpaired) electrons. The molecule has 4 nitrogen and oxygen atoms in total. The maximum atomic E-state index is 12.0. The number of carbonyl (C=O) groups excluding carboxylic acids is 1. The Morgan fingerprint density at radius 2 is 1.94 bits per heavy atom. The van der Waals surface area contributed by atoms with Crippen LogP contribution in [0.25, 0.3) is 0 Å². The lowest BCUT2D eigenvalue weighted by molar-refractivity contribution is -0.148. The highest BCUT2D eigenvalue weighted by Crippen LogP contribution is 2.33. The van der Waals surface area contributed by atoms with Gasteiger partial charge in [0.1, 0.15) is 0 Å². The summed E-state index contributed by atoms with van der Waals surface area (Å²) in [4.78, 5) is 24.7. The van der Waals surface area contributed by atoms with E-state index < -0.39 is 11.9 Å². The van der Waals surface area contributed by atoms with Gasteiger partial charge >= 0.3 is 5.97 Å². The summed E-state index contributed by atoms with van der Waals surface area (Å²) in [7, 11) is 1.77. The second kappa shape index (κ2) is 5.87. The second-order valence-electron chi connectivity index (χ2n) is 4.60. The van der Waals surface area contributed by atoms with Crippen LogP contribution in [0.2, 0.25) is 0 Å². The number of carboxylic acids is 1. The number of carbonyl (C=O) groups is 2. The van der Waals surface area contributed by atoms with Crippen LogP contribution >= 0.6 is 0 Å². The first kappa shape index (κ1) is 13.0. The summed E-state index contributed by atoms with van der Waals surface area (Å²) in [6, 6.07) is 0. The summed E-state index contributed by atoms with van der Waals surface area (Å²) in [5.41, 5.74) is 0. The van der Waals surface area contributed by atoms with Gasteiger partial charge in [0, 0.05) is 13.6 Å². The molecule has 1 aliphatic carbocycles. The highest BCUT2D eigenvalue weighted by molar-refractivity contribution is 5.85. The lowest BCUT2D eigenvalue weighted by Crippen LogP contribution is -2.37. The van der Waals surface area contributed by atoms with Gasteiger partial charge in [-0.15, -0.1) is 0 Å². The quantitative estimate of drug-likeness (QED) is 0.778. The SMILES string of the molecule is CCCCN(C)C(=O)C1CCCC1C(=O)O. The second-order valence-corrected chi connectivity index (χ2v) is 4.60. The highest BCUT2D eigenvalue weighted by Gasteiger charge is 2.38. The molecule has 4 heteroatoms. The molecule has 0 saturated heterocycles. The predicted octanol–water partition coefficient (Wildman–Crippen LogP) is 1.75. The van der Waals surface area contributed by atoms with E-state index in [-0.39, 0.29) is 11.8 Å². The Morgan fingerprint density at radius 3 is 2.50 bits per heavy atom. The first-order valence-corrected chi connectivity index (χ1v) is 6.05. The van der Waals surface area contributed by atoms with Crippen molar-refractivity contribution in [2.24, 2.45) is 11.8 Å². The average molecular weight is 227 g/mol. The van der Waals surface area contributed by atoms with Crippen LogP contribution in [0.5, 0.6) is 0 Å². The number of hydrogen-bond donors (Lipinski definition) is 1. The standard InChI is InChI=1S/C12H21NO3/c1-3-4-8-13(2)11(14)9-6-5-7-10(9)12(15)16/h9-10H,3-8H2,1-2H3,(H,15,16). The molecule has 0 heterocycles. The Balaban J connectivity index is 2.55. The van der Waals surface area contributed by atoms with E-state index in [1.807, 2.05) is 0 Å². The number of carboxylic acid groups (broad SMARTS) is 1. The molecule has 0 spiro atoms. The summed E-state index contributed by atoms with van der Waals surface area (Å²) < 4.78 is 0. The van der Waals surface area contributed by atoms with Crippen molar-refractivity contribution in [2.45, 2.75) is 39.0 Å². The number of hydrogen-bond acceptors (Lipinski definition) is 2. The molecule has 16 heavy (non-hydrogen) atoms. The van der Waals surface area contributed by atoms with E-state index in [0.717, 1.165) is 32.2 Å². The lowest BCUT2D eigenvalue weighted by Gasteiger charge is -2.23. The van der Waals surface area contributed by atoms with Crippen molar-refractivity contribution in [3.63, 3.8) is 0 Å². The molecule has 0 aromatic heterocycles. The molecule has 2 atom stereocenters. The van der Waals surface area contributed by atoms with Gasteiger partial charge in [-0.25, -0.2) is 0 Å². The zero-order valence-electron chi connectivity index (χ0n) is 10.1. The van der Waals surface area contributed by atoms with Crippen molar-refractivity contribution in [3.8, 4) is 0 Å². The summed E-state index contributed by atoms with van der Waals surface area (Å²) in [6.07, 6.45) is 4.26. The topological polar surface area (TPSA) is 57.6 Å². The van der Waals surface area contributed by atoms with Crippen molar-refractivity contribution >= 4 is 11.9 Å². The van der Waals surface area contributed by atoms with E-state index in [0.29, 0.717) is 6.42 Å². The van der Waals surface area contributed by atoms with Crippen molar-refractivity contribution in [1.82, 2.24) is 4.90 Å². The van der Waals surface area contributed by atoms with Crippen LogP contribution in [-0.4, -0.2) is 35.5 Å². The fourth-order valence-electron chi connectivity index (χ4n) is 2.34. The van der Waals surface area contributed by atoms with E-state index in [2.05, 4.69) is 6.92 Å². The van der Waals surface area contributed by atoms with E-state index in [4.69, 9.17) is 5.11 Å². The van der Waals surface area contributed by atoms with E-state index in [1.165, 1.54) is 0 Å². The van der Waals surface area contributed by atoms with E-state index in [9.17, 15) is 9.59 Å². The van der Waals surface area contributed by atoms with Crippen molar-refractivity contribution in [3.05, 3.63) is 0 Å². The maximum absolute atomic E-state index is 12.0. The normalized spacial score (nSPS) is 24.4. The highest BCUT2D eigenvalue weighted by atomic mass is 16.4. The van der Waals surface area contributed by atoms with Gasteiger partial charge < -0.3 is 10.0 Å². The summed E-state index contributed by atoms with van der Waals surface area (Å²) in [6.45, 7) is 2.81. The molecule has 0 aromatic rings. The van der Waals surface area contributed by atoms with Gasteiger partial charge in [-0.2, -0.15) is 0 Å². The van der Waals surface area contributed by atoms with Crippen molar-refractivity contribution < 1.29 is 14.7 Å². The van der Waals surface area contributed by atoms with Crippen LogP contribution in [0.15, 0.2) is 0 Å². The fraction of sp³-hybridized carbons (Fsp3) is 0.833. The van der Waals surface area contributed by atoms with Crippen LogP contribution in [0, 0.1) is 11.8 Å². The summed E-state index contributed by atoms with van der Waals surface area (Å²) in [5, 5.41) is 9.02. The van der Waals surface area contributed by atoms with Crippen LogP contribution < -0.4 is 0 Å². The molecular formula is C12H21NO3. The zero-order chi connectivity index (χ0) is 12.1. The average Bonchev–Trinajstić information content (AvgIpc) is 2.73. The summed E-state index contributed by atoms with van der Waals surface area (Å²) in [5.74, 6) is -1.56. The first-order valence-electron chi connectivity index (χ1n) is 6.05. The monoisotopic (exact) mass is 227 g/mol. The molecule has 2 unspecified atom stereocenters. The number of nitrogens with zero attached hydrogens (tertiary/aromatic N) is 1. The van der Waals surface area contributed by atoms with Gasteiger partial charge in [-0.1, -0.05) is 19.8 Å². The Hall–Kier alpha value is -1.06. The van der Waals surface area contributed by atoms with Crippen molar-refractivity contribution in [1.29, 1.82) is 0 Å². The molecule has 0 aliphatic heterocycles. The Kier molecular flexibility index (Phi) is 4.77. The molecule has 1 rings (SSSR count). The van der Waals surface area contributed by atoms with Gasteiger partial charge in [0.25, 0.3) is 0 Å². The smallest absolute Gasteiger partial charge is 0.307 e. The molecule has 1 amide bonds. The molecule has 0 aromatic carbocycles. The third-order valence-electron chi connectivity index (χ3n) is 3.37. The third-order valence-corrected chi connectivity index (χ3v) is 3.37. The Bertz CT molecular complexity index is 265. The van der Waals surface area contributed by atoms with E-state index in [1.54, 1.807) is 11.9 Å². The number of aliphatic carboxylic acids is 1. The van der Waals surface area contributed by atoms with Gasteiger partial charge in [0.05, 0.1) is 11.8 Å². The molecule has 1 fully saturated rings. The van der Waals surface area contributed by atoms with Crippen molar-refractivity contribution in [2.75, 3.05) is 13.6 Å². The van der Waals surface area contributed by atoms with Gasteiger partial charge in [-0.05, 0) is 19.3 Å². The third kappa shape index (κ3) is 2.97. The maximum Gasteiger partial charge on any atom is 0.307 e. The van der Waals surface area contributed by atoms with Crippen LogP contribution in [0.1, 0.15) is 39.0 Å². The molecule has 1 N–H and O–H groups in total. The summed E-state index contributed by atoms with van der Waals surface area (Å²) >= 11 is 0. The minimum atomic E-state index is -0.820. The van der Waals surface area contributed by atoms with Crippen LogP contribution in [-0.2, 0) is 9.59 Å². The molecule has 0 bridgehead atoms. The molecule has 92 valence electrons. The first-order chi connectivity index (χ1) is 7.57. The lowest BCUT2D eigenvalue weighted by atomic mass is 9.95. The van der Waals surface area contributed by atoms with E-state index >= 15 is 0 Å². The Labute approximate surface area is 96.6 Å². The minimum absolute atomic E-state index is 0.0124. The molecular weight excluding hydrogens is 206 g/mol. The number of unbranched alkanes of at least 4 members (excludes halogenated alkanes) is 1. The van der Waals surface area contributed by atoms with Gasteiger partial charge in [-0.3, -0.25) is 9.59 Å². The fourth-order valence-corrected chi connectivity index (χ4v) is 2.34. The molecule has 1 aliphatic rings. The minimum Gasteiger partial charge on any atom is -0.481 e. The molecule has 1 saturated carbocycles. The number of rotatable bonds is 5. The predicted molar refractivity (Wildman–Crippen MR) is 61.0 cm³/mol. The van der Waals surface area contributed by atoms with Gasteiger partial charge in [0.2, 0.25) is 5.91 Å². The van der Waals surface area contributed by atoms with Crippen LogP contribution in [0.4, 0.5) is 0 Å². The largest absolute Gasteiger partial charge is 0.481 e. The Morgan fingerprint density at radius 1 is 1.31 bits per heavy atom. The number of amides is 1. The van der Waals surface area contributed by atoms with Gasteiger partial charge in [0.15, 0.2) is 0 Å². The zero-order valence-corrected chi connectivity index (χ0v) is 10.1.